The fourth-order valence-electron chi connectivity index (χ4n) is 1.63. The fraction of sp³-hybridized carbons (Fsp3) is 0.111. The van der Waals surface area contributed by atoms with Crippen LogP contribution in [0.5, 0.6) is 0 Å². The number of amidine groups is 1. The summed E-state index contributed by atoms with van der Waals surface area (Å²) in [6.07, 6.45) is 0.373. The van der Waals surface area contributed by atoms with Crippen molar-refractivity contribution in [2.75, 3.05) is 0 Å². The Labute approximate surface area is 74.0 Å². The molecule has 1 aromatic carbocycles. The molecule has 0 spiro atoms. The lowest BCUT2D eigenvalue weighted by Crippen LogP contribution is -2.13. The van der Waals surface area contributed by atoms with E-state index in [0.717, 1.165) is 16.8 Å². The van der Waals surface area contributed by atoms with Crippen LogP contribution in [0.4, 0.5) is 5.69 Å². The number of aliphatic imine (C=N–C) groups is 1. The van der Waals surface area contributed by atoms with Crippen molar-refractivity contribution in [2.24, 2.45) is 15.2 Å². The summed E-state index contributed by atoms with van der Waals surface area (Å²) in [6, 6.07) is 5.68. The number of nitrogens with zero attached hydrogens (tertiary/aromatic N) is 3. The van der Waals surface area contributed by atoms with E-state index in [1.165, 1.54) is 0 Å². The second kappa shape index (κ2) is 2.10. The van der Waals surface area contributed by atoms with Gasteiger partial charge >= 0.3 is 0 Å². The maximum absolute atomic E-state index is 11.1. The first-order valence-corrected chi connectivity index (χ1v) is 4.00. The van der Waals surface area contributed by atoms with E-state index in [4.69, 9.17) is 0 Å². The molecule has 1 amide bonds. The standard InChI is InChI=1S/C9H5N3O/c13-7-4-5-2-1-3-6-8(5)9(10-7)12-11-6/h1-3H,4H2. The van der Waals surface area contributed by atoms with Crippen LogP contribution >= 0.6 is 0 Å². The number of carbonyl (C=O) groups is 1. The molecule has 13 heavy (non-hydrogen) atoms. The summed E-state index contributed by atoms with van der Waals surface area (Å²) in [5, 5.41) is 7.77. The third-order valence-corrected chi connectivity index (χ3v) is 2.18. The molecule has 2 heterocycles. The van der Waals surface area contributed by atoms with Crippen LogP contribution in [0.3, 0.4) is 0 Å². The number of rotatable bonds is 0. The molecule has 0 radical (unpaired) electrons. The first-order chi connectivity index (χ1) is 6.34. The summed E-state index contributed by atoms with van der Waals surface area (Å²) in [5.74, 6) is 0.336. The van der Waals surface area contributed by atoms with Crippen molar-refractivity contribution in [1.29, 1.82) is 0 Å². The van der Waals surface area contributed by atoms with Gasteiger partial charge in [-0.2, -0.15) is 4.99 Å². The maximum Gasteiger partial charge on any atom is 0.252 e. The molecule has 0 atom stereocenters. The molecule has 0 bridgehead atoms. The van der Waals surface area contributed by atoms with Gasteiger partial charge in [-0.3, -0.25) is 4.79 Å². The molecule has 2 aliphatic heterocycles. The van der Waals surface area contributed by atoms with Crippen LogP contribution in [0.15, 0.2) is 33.4 Å². The second-order valence-corrected chi connectivity index (χ2v) is 3.02. The highest BCUT2D eigenvalue weighted by Gasteiger charge is 2.25. The van der Waals surface area contributed by atoms with Crippen LogP contribution in [0.1, 0.15) is 11.1 Å². The van der Waals surface area contributed by atoms with Crippen molar-refractivity contribution >= 4 is 17.4 Å². The van der Waals surface area contributed by atoms with Gasteiger partial charge < -0.3 is 0 Å². The zero-order valence-electron chi connectivity index (χ0n) is 6.69. The predicted octanol–water partition coefficient (Wildman–Crippen LogP) is 1.61. The van der Waals surface area contributed by atoms with E-state index < -0.39 is 0 Å². The smallest absolute Gasteiger partial charge is 0.252 e. The van der Waals surface area contributed by atoms with Gasteiger partial charge in [-0.25, -0.2) is 0 Å². The Hall–Kier alpha value is -1.84. The van der Waals surface area contributed by atoms with E-state index in [9.17, 15) is 4.79 Å². The average Bonchev–Trinajstić information content (AvgIpc) is 2.50. The number of benzene rings is 1. The lowest BCUT2D eigenvalue weighted by atomic mass is 10.00. The van der Waals surface area contributed by atoms with E-state index in [1.54, 1.807) is 0 Å². The molecule has 0 saturated carbocycles. The summed E-state index contributed by atoms with van der Waals surface area (Å²) in [7, 11) is 0. The van der Waals surface area contributed by atoms with Crippen molar-refractivity contribution in [3.63, 3.8) is 0 Å². The van der Waals surface area contributed by atoms with Gasteiger partial charge in [0.2, 0.25) is 0 Å². The Morgan fingerprint density at radius 3 is 3.08 bits per heavy atom. The largest absolute Gasteiger partial charge is 0.272 e. The third-order valence-electron chi connectivity index (χ3n) is 2.18. The molecule has 62 valence electrons. The Kier molecular flexibility index (Phi) is 1.07. The molecule has 2 aliphatic rings. The first-order valence-electron chi connectivity index (χ1n) is 4.00. The van der Waals surface area contributed by atoms with Gasteiger partial charge in [-0.15, -0.1) is 10.2 Å². The summed E-state index contributed by atoms with van der Waals surface area (Å²) < 4.78 is 0. The van der Waals surface area contributed by atoms with Gasteiger partial charge in [0.15, 0.2) is 5.84 Å². The molecule has 0 saturated heterocycles. The molecular formula is C9H5N3O. The molecule has 0 N–H and O–H groups in total. The average molecular weight is 171 g/mol. The molecule has 0 fully saturated rings. The topological polar surface area (TPSA) is 54.1 Å². The van der Waals surface area contributed by atoms with Crippen molar-refractivity contribution in [3.8, 4) is 0 Å². The van der Waals surface area contributed by atoms with E-state index in [0.29, 0.717) is 12.3 Å². The highest BCUT2D eigenvalue weighted by atomic mass is 16.1. The Bertz CT molecular complexity index is 474. The molecule has 3 rings (SSSR count). The van der Waals surface area contributed by atoms with Crippen LogP contribution in [0.2, 0.25) is 0 Å². The van der Waals surface area contributed by atoms with Crippen molar-refractivity contribution in [2.45, 2.75) is 6.42 Å². The monoisotopic (exact) mass is 171 g/mol. The minimum absolute atomic E-state index is 0.138. The van der Waals surface area contributed by atoms with Crippen molar-refractivity contribution < 1.29 is 4.79 Å². The number of carbonyl (C=O) groups excluding carboxylic acids is 1. The summed E-state index contributed by atoms with van der Waals surface area (Å²) in [5.41, 5.74) is 2.74. The number of amides is 1. The number of hydrogen-bond donors (Lipinski definition) is 0. The van der Waals surface area contributed by atoms with E-state index in [1.807, 2.05) is 18.2 Å². The quantitative estimate of drug-likeness (QED) is 0.585. The van der Waals surface area contributed by atoms with Crippen LogP contribution in [0.25, 0.3) is 0 Å². The van der Waals surface area contributed by atoms with Crippen LogP contribution < -0.4 is 0 Å². The van der Waals surface area contributed by atoms with E-state index in [-0.39, 0.29) is 5.91 Å². The van der Waals surface area contributed by atoms with Gasteiger partial charge in [0.25, 0.3) is 5.91 Å². The number of hydrogen-bond acceptors (Lipinski definition) is 3. The lowest BCUT2D eigenvalue weighted by Gasteiger charge is -2.08. The minimum Gasteiger partial charge on any atom is -0.272 e. The van der Waals surface area contributed by atoms with Crippen molar-refractivity contribution in [3.05, 3.63) is 29.3 Å². The van der Waals surface area contributed by atoms with Gasteiger partial charge in [0.1, 0.15) is 0 Å². The van der Waals surface area contributed by atoms with Crippen LogP contribution in [-0.2, 0) is 11.2 Å². The summed E-state index contributed by atoms with van der Waals surface area (Å²) in [4.78, 5) is 14.9. The molecule has 1 aromatic rings. The van der Waals surface area contributed by atoms with Gasteiger partial charge in [0, 0.05) is 0 Å². The lowest BCUT2D eigenvalue weighted by molar-refractivity contribution is -0.117. The minimum atomic E-state index is -0.138. The SMILES string of the molecule is O=C1Cc2cccc3c2C(=N1)N=N3. The molecule has 0 unspecified atom stereocenters. The zero-order valence-corrected chi connectivity index (χ0v) is 6.69. The van der Waals surface area contributed by atoms with Crippen molar-refractivity contribution in [1.82, 2.24) is 0 Å². The predicted molar refractivity (Wildman–Crippen MR) is 46.2 cm³/mol. The maximum atomic E-state index is 11.1. The molecular weight excluding hydrogens is 166 g/mol. The summed E-state index contributed by atoms with van der Waals surface area (Å²) in [6.45, 7) is 0. The molecule has 0 aromatic heterocycles. The Balaban J connectivity index is 2.38. The zero-order chi connectivity index (χ0) is 8.84. The Morgan fingerprint density at radius 1 is 1.23 bits per heavy atom. The third kappa shape index (κ3) is 0.796. The van der Waals surface area contributed by atoms with Crippen LogP contribution in [0, 0.1) is 0 Å². The molecule has 0 aliphatic carbocycles. The summed E-state index contributed by atoms with van der Waals surface area (Å²) >= 11 is 0. The van der Waals surface area contributed by atoms with Gasteiger partial charge in [0.05, 0.1) is 17.7 Å². The van der Waals surface area contributed by atoms with Gasteiger partial charge in [-0.1, -0.05) is 12.1 Å². The van der Waals surface area contributed by atoms with E-state index in [2.05, 4.69) is 15.2 Å². The molecule has 4 nitrogen and oxygen atoms in total. The highest BCUT2D eigenvalue weighted by molar-refractivity contribution is 6.14. The van der Waals surface area contributed by atoms with Gasteiger partial charge in [-0.05, 0) is 11.6 Å². The van der Waals surface area contributed by atoms with E-state index >= 15 is 0 Å². The Morgan fingerprint density at radius 2 is 2.15 bits per heavy atom. The first kappa shape index (κ1) is 6.65. The normalized spacial score (nSPS) is 17.2. The second-order valence-electron chi connectivity index (χ2n) is 3.02. The molecule has 4 heteroatoms. The van der Waals surface area contributed by atoms with Crippen LogP contribution in [-0.4, -0.2) is 11.7 Å². The fourth-order valence-corrected chi connectivity index (χ4v) is 1.63. The highest BCUT2D eigenvalue weighted by Crippen LogP contribution is 2.32. The number of azo groups is 1.